The van der Waals surface area contributed by atoms with E-state index >= 15 is 0 Å². The monoisotopic (exact) mass is 280 g/mol. The molecule has 0 heterocycles. The Morgan fingerprint density at radius 1 is 1.35 bits per heavy atom. The summed E-state index contributed by atoms with van der Waals surface area (Å²) in [6.45, 7) is 1.16. The first-order valence-electron chi connectivity index (χ1n) is 6.39. The zero-order valence-electron chi connectivity index (χ0n) is 11.5. The zero-order chi connectivity index (χ0) is 15.0. The first-order chi connectivity index (χ1) is 9.56. The van der Waals surface area contributed by atoms with Crippen LogP contribution in [0.2, 0.25) is 0 Å². The third-order valence-corrected chi connectivity index (χ3v) is 2.88. The summed E-state index contributed by atoms with van der Waals surface area (Å²) < 4.78 is 5.07. The molecule has 3 N–H and O–H groups in total. The van der Waals surface area contributed by atoms with Gasteiger partial charge in [0.25, 0.3) is 0 Å². The number of hydrogen-bond donors (Lipinski definition) is 2. The van der Waals surface area contributed by atoms with Gasteiger partial charge in [-0.15, -0.1) is 0 Å². The molecule has 0 fully saturated rings. The van der Waals surface area contributed by atoms with Gasteiger partial charge < -0.3 is 20.5 Å². The average Bonchev–Trinajstić information content (AvgIpc) is 2.45. The van der Waals surface area contributed by atoms with E-state index in [1.165, 1.54) is 4.90 Å². The van der Waals surface area contributed by atoms with Crippen LogP contribution in [0.15, 0.2) is 24.3 Å². The first kappa shape index (κ1) is 16.1. The van der Waals surface area contributed by atoms with Gasteiger partial charge in [0, 0.05) is 20.1 Å². The Labute approximate surface area is 118 Å². The summed E-state index contributed by atoms with van der Waals surface area (Å²) in [5.74, 6) is -1.10. The smallest absolute Gasteiger partial charge is 0.335 e. The maximum atomic E-state index is 11.7. The number of rotatable bonds is 8. The number of aromatic carboxylic acids is 1. The molecule has 0 bridgehead atoms. The highest BCUT2D eigenvalue weighted by Gasteiger charge is 2.12. The van der Waals surface area contributed by atoms with Crippen LogP contribution in [0, 0.1) is 0 Å². The average molecular weight is 280 g/mol. The van der Waals surface area contributed by atoms with Crippen LogP contribution in [-0.2, 0) is 16.0 Å². The largest absolute Gasteiger partial charge is 0.478 e. The Balaban J connectivity index is 2.50. The number of carboxylic acid groups (broad SMARTS) is 1. The van der Waals surface area contributed by atoms with E-state index in [9.17, 15) is 9.59 Å². The SMILES string of the molecule is CN(CCc1ccccc1C(=O)O)C(=O)COCCN. The fourth-order valence-corrected chi connectivity index (χ4v) is 1.71. The van der Waals surface area contributed by atoms with Crippen molar-refractivity contribution < 1.29 is 19.4 Å². The standard InChI is InChI=1S/C14H20N2O4/c1-16(13(17)10-20-9-7-15)8-6-11-4-2-3-5-12(11)14(18)19/h2-5H,6-10,15H2,1H3,(H,18,19). The van der Waals surface area contributed by atoms with Crippen LogP contribution < -0.4 is 5.73 Å². The lowest BCUT2D eigenvalue weighted by Gasteiger charge is -2.17. The van der Waals surface area contributed by atoms with Gasteiger partial charge in [0.05, 0.1) is 12.2 Å². The van der Waals surface area contributed by atoms with Gasteiger partial charge in [-0.2, -0.15) is 0 Å². The van der Waals surface area contributed by atoms with E-state index in [-0.39, 0.29) is 18.1 Å². The minimum Gasteiger partial charge on any atom is -0.478 e. The number of carbonyl (C=O) groups is 2. The van der Waals surface area contributed by atoms with Crippen LogP contribution in [0.4, 0.5) is 0 Å². The highest BCUT2D eigenvalue weighted by molar-refractivity contribution is 5.89. The number of likely N-dealkylation sites (N-methyl/N-ethyl adjacent to an activating group) is 1. The lowest BCUT2D eigenvalue weighted by molar-refractivity contribution is -0.134. The number of nitrogens with zero attached hydrogens (tertiary/aromatic N) is 1. The lowest BCUT2D eigenvalue weighted by Crippen LogP contribution is -2.32. The van der Waals surface area contributed by atoms with Crippen LogP contribution in [0.1, 0.15) is 15.9 Å². The minimum atomic E-state index is -0.958. The van der Waals surface area contributed by atoms with E-state index in [4.69, 9.17) is 15.6 Å². The molecule has 0 aliphatic heterocycles. The maximum Gasteiger partial charge on any atom is 0.335 e. The molecule has 6 heteroatoms. The molecule has 1 aromatic rings. The van der Waals surface area contributed by atoms with Crippen molar-refractivity contribution in [3.63, 3.8) is 0 Å². The maximum absolute atomic E-state index is 11.7. The molecule has 1 aromatic carbocycles. The number of nitrogens with two attached hydrogens (primary N) is 1. The molecule has 1 rings (SSSR count). The van der Waals surface area contributed by atoms with Gasteiger partial charge >= 0.3 is 5.97 Å². The van der Waals surface area contributed by atoms with Crippen molar-refractivity contribution in [2.45, 2.75) is 6.42 Å². The molecule has 0 aliphatic rings. The Hall–Kier alpha value is -1.92. The summed E-state index contributed by atoms with van der Waals surface area (Å²) in [6, 6.07) is 6.78. The van der Waals surface area contributed by atoms with Gasteiger partial charge in [-0.25, -0.2) is 4.79 Å². The van der Waals surface area contributed by atoms with Crippen LogP contribution >= 0.6 is 0 Å². The second kappa shape index (κ2) is 8.29. The highest BCUT2D eigenvalue weighted by atomic mass is 16.5. The van der Waals surface area contributed by atoms with E-state index in [0.29, 0.717) is 31.7 Å². The molecular weight excluding hydrogens is 260 g/mol. The topological polar surface area (TPSA) is 92.9 Å². The fraction of sp³-hybridized carbons (Fsp3) is 0.429. The summed E-state index contributed by atoms with van der Waals surface area (Å²) >= 11 is 0. The van der Waals surface area contributed by atoms with E-state index in [1.54, 1.807) is 31.3 Å². The van der Waals surface area contributed by atoms with Crippen molar-refractivity contribution in [3.05, 3.63) is 35.4 Å². The van der Waals surface area contributed by atoms with Gasteiger partial charge in [-0.3, -0.25) is 4.79 Å². The molecular formula is C14H20N2O4. The first-order valence-corrected chi connectivity index (χ1v) is 6.39. The number of carboxylic acids is 1. The summed E-state index contributed by atoms with van der Waals surface area (Å²) in [4.78, 5) is 24.3. The van der Waals surface area contributed by atoms with Crippen LogP contribution in [0.25, 0.3) is 0 Å². The van der Waals surface area contributed by atoms with Gasteiger partial charge in [0.15, 0.2) is 0 Å². The molecule has 0 saturated heterocycles. The lowest BCUT2D eigenvalue weighted by atomic mass is 10.0. The quantitative estimate of drug-likeness (QED) is 0.671. The summed E-state index contributed by atoms with van der Waals surface area (Å²) in [7, 11) is 1.66. The molecule has 20 heavy (non-hydrogen) atoms. The fourth-order valence-electron chi connectivity index (χ4n) is 1.71. The van der Waals surface area contributed by atoms with E-state index < -0.39 is 5.97 Å². The van der Waals surface area contributed by atoms with Crippen LogP contribution in [-0.4, -0.2) is 55.2 Å². The molecule has 0 saturated carbocycles. The molecule has 110 valence electrons. The second-order valence-corrected chi connectivity index (χ2v) is 4.37. The molecule has 0 atom stereocenters. The van der Waals surface area contributed by atoms with E-state index in [0.717, 1.165) is 0 Å². The molecule has 0 aromatic heterocycles. The van der Waals surface area contributed by atoms with Gasteiger partial charge in [0.2, 0.25) is 5.91 Å². The molecule has 6 nitrogen and oxygen atoms in total. The van der Waals surface area contributed by atoms with E-state index in [2.05, 4.69) is 0 Å². The van der Waals surface area contributed by atoms with Gasteiger partial charge in [-0.05, 0) is 18.1 Å². The second-order valence-electron chi connectivity index (χ2n) is 4.37. The number of hydrogen-bond acceptors (Lipinski definition) is 4. The molecule has 0 aliphatic carbocycles. The Morgan fingerprint density at radius 3 is 2.70 bits per heavy atom. The molecule has 0 spiro atoms. The Morgan fingerprint density at radius 2 is 2.05 bits per heavy atom. The highest BCUT2D eigenvalue weighted by Crippen LogP contribution is 2.10. The predicted octanol–water partition coefficient (Wildman–Crippen LogP) is 0.361. The number of amides is 1. The minimum absolute atomic E-state index is 0.00568. The third kappa shape index (κ3) is 4.99. The predicted molar refractivity (Wildman–Crippen MR) is 74.6 cm³/mol. The van der Waals surface area contributed by atoms with Crippen molar-refractivity contribution >= 4 is 11.9 Å². The summed E-state index contributed by atoms with van der Waals surface area (Å²) in [6.07, 6.45) is 0.488. The summed E-state index contributed by atoms with van der Waals surface area (Å²) in [5.41, 5.74) is 6.25. The number of ether oxygens (including phenoxy) is 1. The van der Waals surface area contributed by atoms with Crippen LogP contribution in [0.5, 0.6) is 0 Å². The Kier molecular flexibility index (Phi) is 6.69. The third-order valence-electron chi connectivity index (χ3n) is 2.88. The number of carbonyl (C=O) groups excluding carboxylic acids is 1. The zero-order valence-corrected chi connectivity index (χ0v) is 11.5. The Bertz CT molecular complexity index is 462. The van der Waals surface area contributed by atoms with Gasteiger partial charge in [-0.1, -0.05) is 18.2 Å². The van der Waals surface area contributed by atoms with Crippen molar-refractivity contribution in [1.29, 1.82) is 0 Å². The summed E-state index contributed by atoms with van der Waals surface area (Å²) in [5, 5.41) is 9.07. The molecule has 0 unspecified atom stereocenters. The normalized spacial score (nSPS) is 10.3. The molecule has 0 radical (unpaired) electrons. The van der Waals surface area contributed by atoms with Crippen molar-refractivity contribution in [2.24, 2.45) is 5.73 Å². The van der Waals surface area contributed by atoms with Crippen molar-refractivity contribution in [1.82, 2.24) is 4.90 Å². The molecule has 1 amide bonds. The van der Waals surface area contributed by atoms with Crippen LogP contribution in [0.3, 0.4) is 0 Å². The van der Waals surface area contributed by atoms with E-state index in [1.807, 2.05) is 0 Å². The van der Waals surface area contributed by atoms with Gasteiger partial charge in [0.1, 0.15) is 6.61 Å². The van der Waals surface area contributed by atoms with Crippen molar-refractivity contribution in [2.75, 3.05) is 33.4 Å². The van der Waals surface area contributed by atoms with Crippen molar-refractivity contribution in [3.8, 4) is 0 Å². The number of benzene rings is 1.